The van der Waals surface area contributed by atoms with E-state index in [1.807, 2.05) is 30.3 Å². The lowest BCUT2D eigenvalue weighted by atomic mass is 10.0. The molecule has 0 radical (unpaired) electrons. The molecule has 3 aromatic carbocycles. The SMILES string of the molecule is COC(=O)CCn1c(=NC(=O)c2ccc(S(=O)(=O)N3CCCc4ccccc43)cc2)sc2cc3c(cc21)OCO3. The van der Waals surface area contributed by atoms with Gasteiger partial charge in [0.15, 0.2) is 16.3 Å². The molecular weight excluding hydrogens is 554 g/mol. The summed E-state index contributed by atoms with van der Waals surface area (Å²) in [4.78, 5) is 29.9. The van der Waals surface area contributed by atoms with Crippen molar-refractivity contribution in [2.75, 3.05) is 24.8 Å². The molecule has 12 heteroatoms. The number of aromatic nitrogens is 1. The van der Waals surface area contributed by atoms with Gasteiger partial charge in [0.1, 0.15) is 0 Å². The Balaban J connectivity index is 1.32. The number of anilines is 1. The summed E-state index contributed by atoms with van der Waals surface area (Å²) in [6.45, 7) is 0.764. The third-order valence-corrected chi connectivity index (χ3v) is 9.77. The van der Waals surface area contributed by atoms with E-state index in [0.29, 0.717) is 28.5 Å². The summed E-state index contributed by atoms with van der Waals surface area (Å²) < 4.78 is 46.7. The summed E-state index contributed by atoms with van der Waals surface area (Å²) in [5.41, 5.74) is 2.67. The lowest BCUT2D eigenvalue weighted by Gasteiger charge is -2.30. The van der Waals surface area contributed by atoms with Gasteiger partial charge in [0.2, 0.25) is 6.79 Å². The number of amides is 1. The molecule has 0 atom stereocenters. The van der Waals surface area contributed by atoms with Gasteiger partial charge in [-0.1, -0.05) is 29.5 Å². The highest BCUT2D eigenvalue weighted by atomic mass is 32.2. The number of ether oxygens (including phenoxy) is 3. The van der Waals surface area contributed by atoms with E-state index in [1.165, 1.54) is 47.0 Å². The van der Waals surface area contributed by atoms with Crippen molar-refractivity contribution < 1.29 is 32.2 Å². The number of rotatable bonds is 6. The number of aryl methyl sites for hydroxylation is 2. The fraction of sp³-hybridized carbons (Fsp3) is 0.250. The van der Waals surface area contributed by atoms with E-state index >= 15 is 0 Å². The number of fused-ring (bicyclic) bond motifs is 3. The predicted molar refractivity (Wildman–Crippen MR) is 148 cm³/mol. The zero-order valence-electron chi connectivity index (χ0n) is 21.5. The lowest BCUT2D eigenvalue weighted by Crippen LogP contribution is -2.35. The summed E-state index contributed by atoms with van der Waals surface area (Å²) in [6, 6.07) is 16.9. The van der Waals surface area contributed by atoms with Gasteiger partial charge in [0.05, 0.1) is 34.3 Å². The standard InChI is InChI=1S/C28H25N3O7S2/c1-36-26(32)12-14-30-22-15-23-24(38-17-37-23)16-25(22)39-28(30)29-27(33)19-8-10-20(11-9-19)40(34,35)31-13-4-6-18-5-2-3-7-21(18)31/h2-3,5,7-11,15-16H,4,6,12-14,17H2,1H3. The van der Waals surface area contributed by atoms with Gasteiger partial charge in [-0.05, 0) is 48.7 Å². The Bertz CT molecular complexity index is 1810. The molecule has 0 spiro atoms. The van der Waals surface area contributed by atoms with Gasteiger partial charge in [-0.3, -0.25) is 13.9 Å². The molecule has 0 unspecified atom stereocenters. The number of sulfonamides is 1. The molecule has 0 aliphatic carbocycles. The molecule has 0 fully saturated rings. The van der Waals surface area contributed by atoms with E-state index in [4.69, 9.17) is 14.2 Å². The molecule has 6 rings (SSSR count). The highest BCUT2D eigenvalue weighted by molar-refractivity contribution is 7.92. The predicted octanol–water partition coefficient (Wildman–Crippen LogP) is 3.88. The van der Waals surface area contributed by atoms with Gasteiger partial charge >= 0.3 is 5.97 Å². The highest BCUT2D eigenvalue weighted by Crippen LogP contribution is 2.37. The first-order chi connectivity index (χ1) is 19.3. The van der Waals surface area contributed by atoms with Crippen molar-refractivity contribution >= 4 is 49.1 Å². The maximum atomic E-state index is 13.5. The van der Waals surface area contributed by atoms with Crippen molar-refractivity contribution in [3.63, 3.8) is 0 Å². The molecule has 3 heterocycles. The van der Waals surface area contributed by atoms with Crippen LogP contribution in [-0.4, -0.2) is 45.3 Å². The Labute approximate surface area is 234 Å². The number of benzene rings is 3. The van der Waals surface area contributed by atoms with Gasteiger partial charge in [-0.25, -0.2) is 8.42 Å². The van der Waals surface area contributed by atoms with E-state index in [0.717, 1.165) is 28.6 Å². The van der Waals surface area contributed by atoms with Crippen molar-refractivity contribution in [2.45, 2.75) is 30.7 Å². The zero-order chi connectivity index (χ0) is 27.9. The Kier molecular flexibility index (Phi) is 6.80. The summed E-state index contributed by atoms with van der Waals surface area (Å²) in [5.74, 6) is 0.242. The fourth-order valence-corrected chi connectivity index (χ4v) is 7.47. The van der Waals surface area contributed by atoms with Crippen LogP contribution >= 0.6 is 11.3 Å². The second kappa shape index (κ2) is 10.4. The maximum absolute atomic E-state index is 13.5. The third-order valence-electron chi connectivity index (χ3n) is 6.90. The normalized spacial score (nSPS) is 14.8. The summed E-state index contributed by atoms with van der Waals surface area (Å²) in [7, 11) is -2.48. The Morgan fingerprint density at radius 1 is 1.05 bits per heavy atom. The first kappa shape index (κ1) is 26.1. The monoisotopic (exact) mass is 579 g/mol. The molecule has 1 aromatic heterocycles. The minimum absolute atomic E-state index is 0.0876. The minimum atomic E-state index is -3.80. The van der Waals surface area contributed by atoms with Crippen molar-refractivity contribution in [1.82, 2.24) is 4.57 Å². The van der Waals surface area contributed by atoms with E-state index in [1.54, 1.807) is 10.6 Å². The van der Waals surface area contributed by atoms with Crippen LogP contribution in [0.25, 0.3) is 10.2 Å². The van der Waals surface area contributed by atoms with Crippen LogP contribution in [0.5, 0.6) is 11.5 Å². The van der Waals surface area contributed by atoms with E-state index in [9.17, 15) is 18.0 Å². The van der Waals surface area contributed by atoms with Crippen LogP contribution in [0.3, 0.4) is 0 Å². The molecule has 4 aromatic rings. The van der Waals surface area contributed by atoms with Crippen molar-refractivity contribution in [1.29, 1.82) is 0 Å². The summed E-state index contributed by atoms with van der Waals surface area (Å²) in [5, 5.41) is 0. The van der Waals surface area contributed by atoms with Crippen LogP contribution in [-0.2, 0) is 32.5 Å². The zero-order valence-corrected chi connectivity index (χ0v) is 23.2. The topological polar surface area (TPSA) is 117 Å². The second-order valence-electron chi connectivity index (χ2n) is 9.29. The number of carbonyl (C=O) groups excluding carboxylic acids is 2. The van der Waals surface area contributed by atoms with E-state index in [-0.39, 0.29) is 30.2 Å². The highest BCUT2D eigenvalue weighted by Gasteiger charge is 2.29. The van der Waals surface area contributed by atoms with Crippen LogP contribution in [0, 0.1) is 0 Å². The molecule has 0 saturated heterocycles. The molecule has 0 bridgehead atoms. The molecule has 1 amide bonds. The van der Waals surface area contributed by atoms with Gasteiger partial charge in [0, 0.05) is 30.8 Å². The second-order valence-corrected chi connectivity index (χ2v) is 12.2. The van der Waals surface area contributed by atoms with Crippen LogP contribution < -0.4 is 18.6 Å². The number of hydrogen-bond donors (Lipinski definition) is 0. The maximum Gasteiger partial charge on any atom is 0.307 e. The van der Waals surface area contributed by atoms with Crippen LogP contribution in [0.15, 0.2) is 70.6 Å². The number of esters is 1. The molecule has 2 aliphatic heterocycles. The number of carbonyl (C=O) groups is 2. The van der Waals surface area contributed by atoms with Crippen molar-refractivity contribution in [3.05, 3.63) is 76.6 Å². The smallest absolute Gasteiger partial charge is 0.307 e. The molecule has 206 valence electrons. The molecule has 40 heavy (non-hydrogen) atoms. The van der Waals surface area contributed by atoms with E-state index < -0.39 is 21.9 Å². The van der Waals surface area contributed by atoms with Crippen LogP contribution in [0.4, 0.5) is 5.69 Å². The fourth-order valence-electron chi connectivity index (χ4n) is 4.86. The minimum Gasteiger partial charge on any atom is -0.469 e. The molecule has 10 nitrogen and oxygen atoms in total. The average molecular weight is 580 g/mol. The third kappa shape index (κ3) is 4.73. The average Bonchev–Trinajstić information content (AvgIpc) is 3.57. The van der Waals surface area contributed by atoms with Gasteiger partial charge in [0.25, 0.3) is 15.9 Å². The largest absolute Gasteiger partial charge is 0.469 e. The Morgan fingerprint density at radius 3 is 2.58 bits per heavy atom. The summed E-state index contributed by atoms with van der Waals surface area (Å²) >= 11 is 1.28. The Hall–Kier alpha value is -4.16. The van der Waals surface area contributed by atoms with Gasteiger partial charge in [-0.2, -0.15) is 4.99 Å². The van der Waals surface area contributed by atoms with Crippen molar-refractivity contribution in [2.24, 2.45) is 4.99 Å². The summed E-state index contributed by atoms with van der Waals surface area (Å²) in [6.07, 6.45) is 1.65. The van der Waals surface area contributed by atoms with Crippen molar-refractivity contribution in [3.8, 4) is 11.5 Å². The number of para-hydroxylation sites is 1. The molecular formula is C28H25N3O7S2. The first-order valence-corrected chi connectivity index (χ1v) is 14.9. The van der Waals surface area contributed by atoms with Gasteiger partial charge < -0.3 is 18.8 Å². The Morgan fingerprint density at radius 2 is 1.80 bits per heavy atom. The molecule has 0 saturated carbocycles. The number of methoxy groups -OCH3 is 1. The van der Waals surface area contributed by atoms with Crippen LogP contribution in [0.1, 0.15) is 28.8 Å². The van der Waals surface area contributed by atoms with Gasteiger partial charge in [-0.15, -0.1) is 0 Å². The quantitative estimate of drug-likeness (QED) is 0.318. The molecule has 0 N–H and O–H groups in total. The first-order valence-electron chi connectivity index (χ1n) is 12.6. The van der Waals surface area contributed by atoms with Crippen LogP contribution in [0.2, 0.25) is 0 Å². The van der Waals surface area contributed by atoms with E-state index in [2.05, 4.69) is 4.99 Å². The number of nitrogens with zero attached hydrogens (tertiary/aromatic N) is 3. The lowest BCUT2D eigenvalue weighted by molar-refractivity contribution is -0.140. The number of thiazole rings is 1. The molecule has 2 aliphatic rings. The number of hydrogen-bond acceptors (Lipinski definition) is 8.